The maximum atomic E-state index is 6.24. The molecule has 0 aromatic carbocycles. The van der Waals surface area contributed by atoms with E-state index in [9.17, 15) is 0 Å². The molecule has 3 aliphatic rings. The summed E-state index contributed by atoms with van der Waals surface area (Å²) in [5.74, 6) is 0.942. The number of rotatable bonds is 6. The van der Waals surface area contributed by atoms with E-state index in [2.05, 4.69) is 15.0 Å². The van der Waals surface area contributed by atoms with Crippen molar-refractivity contribution < 1.29 is 14.0 Å². The van der Waals surface area contributed by atoms with Crippen LogP contribution in [-0.2, 0) is 16.0 Å². The standard InChI is InChI=1S/C19H31N3O3/c1-14-16(15(2)25-20-14)13-22-10-12-24-19-17(22)5-6-18(19)23-11-9-21-7-3-4-8-21/h17-19H,3-13H2,1-2H3/t17-,18+,19+/m0/s1. The summed E-state index contributed by atoms with van der Waals surface area (Å²) >= 11 is 0. The second-order valence-corrected chi connectivity index (χ2v) is 7.71. The third-order valence-electron chi connectivity index (χ3n) is 6.13. The van der Waals surface area contributed by atoms with Crippen LogP contribution in [0, 0.1) is 13.8 Å². The zero-order chi connectivity index (χ0) is 17.2. The molecule has 6 heteroatoms. The van der Waals surface area contributed by atoms with E-state index < -0.39 is 0 Å². The van der Waals surface area contributed by atoms with Crippen LogP contribution in [0.4, 0.5) is 0 Å². The average Bonchev–Trinajstić information content (AvgIpc) is 3.33. The van der Waals surface area contributed by atoms with Crippen molar-refractivity contribution in [2.45, 2.75) is 64.3 Å². The Hall–Kier alpha value is -0.950. The maximum absolute atomic E-state index is 6.24. The fourth-order valence-corrected chi connectivity index (χ4v) is 4.64. The summed E-state index contributed by atoms with van der Waals surface area (Å²) in [6.07, 6.45) is 5.41. The van der Waals surface area contributed by atoms with Gasteiger partial charge in [0, 0.05) is 31.2 Å². The lowest BCUT2D eigenvalue weighted by Crippen LogP contribution is -2.51. The van der Waals surface area contributed by atoms with E-state index in [4.69, 9.17) is 14.0 Å². The van der Waals surface area contributed by atoms with E-state index in [1.807, 2.05) is 13.8 Å². The van der Waals surface area contributed by atoms with Crippen molar-refractivity contribution in [2.75, 3.05) is 39.4 Å². The van der Waals surface area contributed by atoms with E-state index in [1.54, 1.807) is 0 Å². The van der Waals surface area contributed by atoms with Gasteiger partial charge < -0.3 is 18.9 Å². The fourth-order valence-electron chi connectivity index (χ4n) is 4.64. The second-order valence-electron chi connectivity index (χ2n) is 7.71. The molecule has 140 valence electrons. The van der Waals surface area contributed by atoms with Crippen LogP contribution in [0.1, 0.15) is 42.7 Å². The minimum atomic E-state index is 0.216. The van der Waals surface area contributed by atoms with Gasteiger partial charge in [-0.1, -0.05) is 5.16 Å². The van der Waals surface area contributed by atoms with Gasteiger partial charge in [-0.15, -0.1) is 0 Å². The highest BCUT2D eigenvalue weighted by atomic mass is 16.5. The molecule has 2 saturated heterocycles. The van der Waals surface area contributed by atoms with Gasteiger partial charge in [0.05, 0.1) is 31.1 Å². The molecule has 3 heterocycles. The minimum Gasteiger partial charge on any atom is -0.374 e. The van der Waals surface area contributed by atoms with Crippen LogP contribution in [0.15, 0.2) is 4.52 Å². The summed E-state index contributed by atoms with van der Waals surface area (Å²) < 4.78 is 17.7. The SMILES string of the molecule is Cc1noc(C)c1CN1CCO[C@H]2[C@H](OCCN3CCCC3)CC[C@@H]21. The van der Waals surface area contributed by atoms with Crippen LogP contribution in [0.2, 0.25) is 0 Å². The van der Waals surface area contributed by atoms with Crippen molar-refractivity contribution in [3.8, 4) is 0 Å². The first kappa shape index (κ1) is 17.5. The predicted molar refractivity (Wildman–Crippen MR) is 94.6 cm³/mol. The molecule has 0 amide bonds. The van der Waals surface area contributed by atoms with Gasteiger partial charge in [0.2, 0.25) is 0 Å². The number of nitrogens with zero attached hydrogens (tertiary/aromatic N) is 3. The number of aromatic nitrogens is 1. The third-order valence-corrected chi connectivity index (χ3v) is 6.13. The smallest absolute Gasteiger partial charge is 0.138 e. The molecule has 2 aliphatic heterocycles. The number of likely N-dealkylation sites (tertiary alicyclic amines) is 1. The Balaban J connectivity index is 1.32. The zero-order valence-corrected chi connectivity index (χ0v) is 15.6. The number of ether oxygens (including phenoxy) is 2. The van der Waals surface area contributed by atoms with E-state index in [1.165, 1.54) is 31.5 Å². The highest BCUT2D eigenvalue weighted by molar-refractivity contribution is 5.21. The largest absolute Gasteiger partial charge is 0.374 e. The van der Waals surface area contributed by atoms with Gasteiger partial charge in [-0.3, -0.25) is 4.90 Å². The van der Waals surface area contributed by atoms with Gasteiger partial charge in [-0.25, -0.2) is 0 Å². The molecule has 3 fully saturated rings. The van der Waals surface area contributed by atoms with Crippen molar-refractivity contribution in [1.29, 1.82) is 0 Å². The lowest BCUT2D eigenvalue weighted by molar-refractivity contribution is -0.116. The Morgan fingerprint density at radius 2 is 2.00 bits per heavy atom. The van der Waals surface area contributed by atoms with E-state index >= 15 is 0 Å². The molecule has 1 saturated carbocycles. The first-order chi connectivity index (χ1) is 12.2. The average molecular weight is 349 g/mol. The fraction of sp³-hybridized carbons (Fsp3) is 0.842. The third kappa shape index (κ3) is 3.77. The summed E-state index contributed by atoms with van der Waals surface area (Å²) in [4.78, 5) is 5.06. The first-order valence-electron chi connectivity index (χ1n) is 9.84. The quantitative estimate of drug-likeness (QED) is 0.784. The van der Waals surface area contributed by atoms with Crippen LogP contribution in [0.25, 0.3) is 0 Å². The Kier molecular flexibility index (Phi) is 5.41. The van der Waals surface area contributed by atoms with Crippen LogP contribution < -0.4 is 0 Å². The summed E-state index contributed by atoms with van der Waals surface area (Å²) in [6, 6.07) is 0.458. The molecule has 0 N–H and O–H groups in total. The van der Waals surface area contributed by atoms with Gasteiger partial charge in [0.25, 0.3) is 0 Å². The lowest BCUT2D eigenvalue weighted by Gasteiger charge is -2.39. The van der Waals surface area contributed by atoms with Crippen molar-refractivity contribution in [3.05, 3.63) is 17.0 Å². The summed E-state index contributed by atoms with van der Waals surface area (Å²) in [7, 11) is 0. The highest BCUT2D eigenvalue weighted by Crippen LogP contribution is 2.33. The Morgan fingerprint density at radius 1 is 1.16 bits per heavy atom. The van der Waals surface area contributed by atoms with Gasteiger partial charge in [0.15, 0.2) is 0 Å². The molecular formula is C19H31N3O3. The van der Waals surface area contributed by atoms with Gasteiger partial charge >= 0.3 is 0 Å². The van der Waals surface area contributed by atoms with Crippen molar-refractivity contribution >= 4 is 0 Å². The van der Waals surface area contributed by atoms with Crippen LogP contribution >= 0.6 is 0 Å². The molecule has 25 heavy (non-hydrogen) atoms. The lowest BCUT2D eigenvalue weighted by atomic mass is 10.1. The van der Waals surface area contributed by atoms with Gasteiger partial charge in [-0.05, 0) is 52.6 Å². The molecule has 6 nitrogen and oxygen atoms in total. The molecule has 0 unspecified atom stereocenters. The molecule has 0 radical (unpaired) electrons. The molecule has 1 aromatic heterocycles. The molecule has 1 aromatic rings. The topological polar surface area (TPSA) is 51.0 Å². The number of fused-ring (bicyclic) bond motifs is 1. The van der Waals surface area contributed by atoms with E-state index in [-0.39, 0.29) is 12.2 Å². The molecule has 0 bridgehead atoms. The van der Waals surface area contributed by atoms with Crippen molar-refractivity contribution in [1.82, 2.24) is 15.0 Å². The second kappa shape index (κ2) is 7.74. The summed E-state index contributed by atoms with van der Waals surface area (Å²) in [5, 5.41) is 4.10. The molecule has 4 rings (SSSR count). The van der Waals surface area contributed by atoms with Gasteiger partial charge in [0.1, 0.15) is 5.76 Å². The monoisotopic (exact) mass is 349 g/mol. The van der Waals surface area contributed by atoms with Crippen LogP contribution in [-0.4, -0.2) is 72.6 Å². The highest BCUT2D eigenvalue weighted by Gasteiger charge is 2.43. The van der Waals surface area contributed by atoms with Crippen molar-refractivity contribution in [2.24, 2.45) is 0 Å². The Labute approximate surface area is 150 Å². The van der Waals surface area contributed by atoms with Crippen LogP contribution in [0.5, 0.6) is 0 Å². The van der Waals surface area contributed by atoms with E-state index in [0.29, 0.717) is 6.04 Å². The number of morpholine rings is 1. The summed E-state index contributed by atoms with van der Waals surface area (Å²) in [5.41, 5.74) is 2.25. The zero-order valence-electron chi connectivity index (χ0n) is 15.6. The molecule has 1 aliphatic carbocycles. The molecule has 3 atom stereocenters. The predicted octanol–water partition coefficient (Wildman–Crippen LogP) is 2.14. The Morgan fingerprint density at radius 3 is 2.76 bits per heavy atom. The number of hydrogen-bond acceptors (Lipinski definition) is 6. The molecule has 0 spiro atoms. The van der Waals surface area contributed by atoms with E-state index in [0.717, 1.165) is 57.1 Å². The van der Waals surface area contributed by atoms with Crippen molar-refractivity contribution in [3.63, 3.8) is 0 Å². The number of aryl methyl sites for hydroxylation is 2. The minimum absolute atomic E-state index is 0.216. The first-order valence-corrected chi connectivity index (χ1v) is 9.84. The molecular weight excluding hydrogens is 318 g/mol. The van der Waals surface area contributed by atoms with Gasteiger partial charge in [-0.2, -0.15) is 0 Å². The normalized spacial score (nSPS) is 30.9. The Bertz CT molecular complexity index is 551. The summed E-state index contributed by atoms with van der Waals surface area (Å²) in [6.45, 7) is 11.1. The van der Waals surface area contributed by atoms with Crippen LogP contribution in [0.3, 0.4) is 0 Å². The maximum Gasteiger partial charge on any atom is 0.138 e. The number of hydrogen-bond donors (Lipinski definition) is 0.